The average molecular weight is 214 g/mol. The Labute approximate surface area is 94.3 Å². The second kappa shape index (κ2) is 3.77. The van der Waals surface area contributed by atoms with Crippen LogP contribution in [0.1, 0.15) is 5.56 Å². The Kier molecular flexibility index (Phi) is 2.44. The van der Waals surface area contributed by atoms with Crippen LogP contribution in [0.4, 0.5) is 11.4 Å². The molecule has 82 valence electrons. The largest absolute Gasteiger partial charge is 0.508 e. The van der Waals surface area contributed by atoms with Gasteiger partial charge in [-0.15, -0.1) is 0 Å². The van der Waals surface area contributed by atoms with Crippen LogP contribution in [0.2, 0.25) is 0 Å². The molecule has 0 amide bonds. The van der Waals surface area contributed by atoms with E-state index in [0.29, 0.717) is 11.4 Å². The Morgan fingerprint density at radius 1 is 1.00 bits per heavy atom. The van der Waals surface area contributed by atoms with Gasteiger partial charge in [0, 0.05) is 16.9 Å². The van der Waals surface area contributed by atoms with E-state index in [0.717, 1.165) is 16.7 Å². The van der Waals surface area contributed by atoms with Gasteiger partial charge in [-0.3, -0.25) is 0 Å². The molecule has 0 fully saturated rings. The predicted molar refractivity (Wildman–Crippen MR) is 67.1 cm³/mol. The Morgan fingerprint density at radius 3 is 2.38 bits per heavy atom. The minimum atomic E-state index is 0.242. The topological polar surface area (TPSA) is 72.3 Å². The molecule has 3 nitrogen and oxygen atoms in total. The fraction of sp³-hybridized carbons (Fsp3) is 0.0769. The highest BCUT2D eigenvalue weighted by atomic mass is 16.3. The summed E-state index contributed by atoms with van der Waals surface area (Å²) in [5.74, 6) is 0.242. The van der Waals surface area contributed by atoms with Crippen molar-refractivity contribution in [3.8, 4) is 16.9 Å². The summed E-state index contributed by atoms with van der Waals surface area (Å²) < 4.78 is 0. The lowest BCUT2D eigenvalue weighted by Gasteiger charge is -2.08. The van der Waals surface area contributed by atoms with Crippen molar-refractivity contribution in [2.24, 2.45) is 0 Å². The van der Waals surface area contributed by atoms with Gasteiger partial charge in [-0.1, -0.05) is 12.1 Å². The van der Waals surface area contributed by atoms with Crippen LogP contribution in [0.3, 0.4) is 0 Å². The molecule has 5 N–H and O–H groups in total. The number of nitrogen functional groups attached to an aromatic ring is 2. The fourth-order valence-corrected chi connectivity index (χ4v) is 1.76. The molecule has 0 atom stereocenters. The highest BCUT2D eigenvalue weighted by molar-refractivity contribution is 5.79. The van der Waals surface area contributed by atoms with E-state index in [1.807, 2.05) is 19.1 Å². The SMILES string of the molecule is Cc1cc(O)cc(-c2ccc(N)cc2N)c1. The zero-order chi connectivity index (χ0) is 11.7. The second-order valence-corrected chi connectivity index (χ2v) is 3.90. The van der Waals surface area contributed by atoms with Crippen molar-refractivity contribution in [2.75, 3.05) is 11.5 Å². The molecule has 2 aromatic rings. The van der Waals surface area contributed by atoms with Crippen molar-refractivity contribution >= 4 is 11.4 Å². The third kappa shape index (κ3) is 1.93. The third-order valence-electron chi connectivity index (χ3n) is 2.45. The van der Waals surface area contributed by atoms with Gasteiger partial charge in [0.2, 0.25) is 0 Å². The van der Waals surface area contributed by atoms with E-state index >= 15 is 0 Å². The molecule has 16 heavy (non-hydrogen) atoms. The van der Waals surface area contributed by atoms with Crippen LogP contribution in [-0.4, -0.2) is 5.11 Å². The van der Waals surface area contributed by atoms with E-state index in [-0.39, 0.29) is 5.75 Å². The van der Waals surface area contributed by atoms with Crippen LogP contribution in [-0.2, 0) is 0 Å². The summed E-state index contributed by atoms with van der Waals surface area (Å²) in [5.41, 5.74) is 15.6. The molecule has 0 unspecified atom stereocenters. The Balaban J connectivity index is 2.58. The Morgan fingerprint density at radius 2 is 1.75 bits per heavy atom. The lowest BCUT2D eigenvalue weighted by atomic mass is 10.0. The first-order valence-corrected chi connectivity index (χ1v) is 5.02. The fourth-order valence-electron chi connectivity index (χ4n) is 1.76. The van der Waals surface area contributed by atoms with Gasteiger partial charge in [-0.25, -0.2) is 0 Å². The number of aromatic hydroxyl groups is 1. The van der Waals surface area contributed by atoms with Crippen molar-refractivity contribution in [3.63, 3.8) is 0 Å². The normalized spacial score (nSPS) is 10.3. The molecule has 0 aromatic heterocycles. The molecule has 0 saturated heterocycles. The number of aryl methyl sites for hydroxylation is 1. The van der Waals surface area contributed by atoms with E-state index in [2.05, 4.69) is 0 Å². The van der Waals surface area contributed by atoms with Crippen LogP contribution in [0.15, 0.2) is 36.4 Å². The molecule has 2 aromatic carbocycles. The average Bonchev–Trinajstić information content (AvgIpc) is 2.15. The predicted octanol–water partition coefficient (Wildman–Crippen LogP) is 2.53. The number of hydrogen-bond acceptors (Lipinski definition) is 3. The molecule has 3 heteroatoms. The molecule has 0 aliphatic carbocycles. The quantitative estimate of drug-likeness (QED) is 0.639. The zero-order valence-corrected chi connectivity index (χ0v) is 9.07. The second-order valence-electron chi connectivity index (χ2n) is 3.90. The maximum atomic E-state index is 9.54. The van der Waals surface area contributed by atoms with Crippen LogP contribution in [0, 0.1) is 6.92 Å². The Bertz CT molecular complexity index is 515. The summed E-state index contributed by atoms with van der Waals surface area (Å²) in [7, 11) is 0. The van der Waals surface area contributed by atoms with Gasteiger partial charge in [-0.2, -0.15) is 0 Å². The molecule has 0 spiro atoms. The highest BCUT2D eigenvalue weighted by Gasteiger charge is 2.04. The summed E-state index contributed by atoms with van der Waals surface area (Å²) in [6.45, 7) is 1.93. The minimum absolute atomic E-state index is 0.242. The van der Waals surface area contributed by atoms with Gasteiger partial charge in [0.1, 0.15) is 5.75 Å². The molecule has 0 aliphatic heterocycles. The minimum Gasteiger partial charge on any atom is -0.508 e. The van der Waals surface area contributed by atoms with Crippen LogP contribution >= 0.6 is 0 Å². The van der Waals surface area contributed by atoms with Gasteiger partial charge in [-0.05, 0) is 42.3 Å². The number of nitrogens with two attached hydrogens (primary N) is 2. The number of phenols is 1. The molecule has 2 rings (SSSR count). The van der Waals surface area contributed by atoms with Gasteiger partial charge < -0.3 is 16.6 Å². The first kappa shape index (κ1) is 10.4. The van der Waals surface area contributed by atoms with Crippen LogP contribution < -0.4 is 11.5 Å². The smallest absolute Gasteiger partial charge is 0.116 e. The van der Waals surface area contributed by atoms with Gasteiger partial charge in [0.15, 0.2) is 0 Å². The van der Waals surface area contributed by atoms with Gasteiger partial charge >= 0.3 is 0 Å². The van der Waals surface area contributed by atoms with E-state index in [9.17, 15) is 5.11 Å². The van der Waals surface area contributed by atoms with Gasteiger partial charge in [0.25, 0.3) is 0 Å². The first-order valence-electron chi connectivity index (χ1n) is 5.02. The van der Waals surface area contributed by atoms with Crippen LogP contribution in [0.25, 0.3) is 11.1 Å². The van der Waals surface area contributed by atoms with Crippen molar-refractivity contribution < 1.29 is 5.11 Å². The number of hydrogen-bond donors (Lipinski definition) is 3. The molecular weight excluding hydrogens is 200 g/mol. The molecule has 0 saturated carbocycles. The maximum absolute atomic E-state index is 9.54. The molecule has 0 heterocycles. The Hall–Kier alpha value is -2.16. The van der Waals surface area contributed by atoms with E-state index in [1.54, 1.807) is 24.3 Å². The third-order valence-corrected chi connectivity index (χ3v) is 2.45. The van der Waals surface area contributed by atoms with Crippen molar-refractivity contribution in [2.45, 2.75) is 6.92 Å². The summed E-state index contributed by atoms with van der Waals surface area (Å²) in [5, 5.41) is 9.54. The summed E-state index contributed by atoms with van der Waals surface area (Å²) in [6, 6.07) is 10.7. The number of phenolic OH excluding ortho intramolecular Hbond substituents is 1. The molecule has 0 bridgehead atoms. The van der Waals surface area contributed by atoms with Crippen molar-refractivity contribution in [3.05, 3.63) is 42.0 Å². The number of anilines is 2. The standard InChI is InChI=1S/C13H14N2O/c1-8-4-9(6-11(16)5-8)12-3-2-10(14)7-13(12)15/h2-7,16H,14-15H2,1H3. The molecule has 0 radical (unpaired) electrons. The van der Waals surface area contributed by atoms with E-state index < -0.39 is 0 Å². The van der Waals surface area contributed by atoms with Crippen molar-refractivity contribution in [1.82, 2.24) is 0 Å². The lowest BCUT2D eigenvalue weighted by molar-refractivity contribution is 0.475. The molecular formula is C13H14N2O. The van der Waals surface area contributed by atoms with Crippen LogP contribution in [0.5, 0.6) is 5.75 Å². The number of rotatable bonds is 1. The highest BCUT2D eigenvalue weighted by Crippen LogP contribution is 2.30. The molecule has 0 aliphatic rings. The summed E-state index contributed by atoms with van der Waals surface area (Å²) in [4.78, 5) is 0. The number of benzene rings is 2. The summed E-state index contributed by atoms with van der Waals surface area (Å²) >= 11 is 0. The van der Waals surface area contributed by atoms with E-state index in [4.69, 9.17) is 11.5 Å². The lowest BCUT2D eigenvalue weighted by Crippen LogP contribution is -1.93. The van der Waals surface area contributed by atoms with Gasteiger partial charge in [0.05, 0.1) is 0 Å². The zero-order valence-electron chi connectivity index (χ0n) is 9.07. The van der Waals surface area contributed by atoms with E-state index in [1.165, 1.54) is 0 Å². The van der Waals surface area contributed by atoms with Crippen molar-refractivity contribution in [1.29, 1.82) is 0 Å². The maximum Gasteiger partial charge on any atom is 0.116 e. The monoisotopic (exact) mass is 214 g/mol. The summed E-state index contributed by atoms with van der Waals surface area (Å²) in [6.07, 6.45) is 0. The first-order chi connectivity index (χ1) is 7.56.